The molecule has 2 aromatic rings. The van der Waals surface area contributed by atoms with Gasteiger partial charge in [-0.05, 0) is 73.2 Å². The standard InChI is InChI=1S/C26H27N3O5/c27-17-23(24(32)18-31)29-26(34)21-12-8-19(9-13-21)5-1-2-6-20-10-14-22(15-11-20)28-25(33)7-3-4-16-30/h8-15,23,30-31H,3-4,7,16-18,27H2,(H,28,33)(H,29,34)/t23-/m0/s1. The Morgan fingerprint density at radius 2 is 1.47 bits per heavy atom. The predicted molar refractivity (Wildman–Crippen MR) is 129 cm³/mol. The van der Waals surface area contributed by atoms with Gasteiger partial charge in [-0.3, -0.25) is 14.4 Å². The highest BCUT2D eigenvalue weighted by atomic mass is 16.3. The van der Waals surface area contributed by atoms with Crippen LogP contribution >= 0.6 is 0 Å². The van der Waals surface area contributed by atoms with E-state index in [1.165, 1.54) is 0 Å². The lowest BCUT2D eigenvalue weighted by molar-refractivity contribution is -0.123. The van der Waals surface area contributed by atoms with Gasteiger partial charge in [0.05, 0.1) is 0 Å². The first-order valence-electron chi connectivity index (χ1n) is 10.7. The minimum atomic E-state index is -0.936. The van der Waals surface area contributed by atoms with Crippen LogP contribution in [0.2, 0.25) is 0 Å². The second-order valence-electron chi connectivity index (χ2n) is 7.27. The van der Waals surface area contributed by atoms with Crippen LogP contribution in [0.1, 0.15) is 40.7 Å². The number of carbonyl (C=O) groups is 3. The van der Waals surface area contributed by atoms with Crippen molar-refractivity contribution in [2.24, 2.45) is 5.73 Å². The molecule has 0 fully saturated rings. The highest BCUT2D eigenvalue weighted by Crippen LogP contribution is 2.10. The molecule has 34 heavy (non-hydrogen) atoms. The number of rotatable bonds is 10. The molecule has 6 N–H and O–H groups in total. The maximum absolute atomic E-state index is 12.2. The van der Waals surface area contributed by atoms with Crippen LogP contribution in [0.15, 0.2) is 48.5 Å². The van der Waals surface area contributed by atoms with Crippen LogP contribution < -0.4 is 16.4 Å². The quantitative estimate of drug-likeness (QED) is 0.262. The van der Waals surface area contributed by atoms with Crippen LogP contribution in [0.5, 0.6) is 0 Å². The number of ketones is 1. The number of unbranched alkanes of at least 4 members (excludes halogenated alkanes) is 1. The van der Waals surface area contributed by atoms with E-state index >= 15 is 0 Å². The van der Waals surface area contributed by atoms with Gasteiger partial charge in [0.1, 0.15) is 12.6 Å². The Morgan fingerprint density at radius 1 is 0.882 bits per heavy atom. The van der Waals surface area contributed by atoms with Gasteiger partial charge in [-0.2, -0.15) is 0 Å². The number of nitrogens with two attached hydrogens (primary N) is 1. The molecule has 0 radical (unpaired) electrons. The molecular weight excluding hydrogens is 434 g/mol. The summed E-state index contributed by atoms with van der Waals surface area (Å²) in [5.74, 6) is 10.2. The molecule has 0 aliphatic carbocycles. The molecule has 2 rings (SSSR count). The van der Waals surface area contributed by atoms with E-state index in [9.17, 15) is 14.4 Å². The Morgan fingerprint density at radius 3 is 2.00 bits per heavy atom. The largest absolute Gasteiger partial charge is 0.396 e. The van der Waals surface area contributed by atoms with Crippen molar-refractivity contribution in [2.75, 3.05) is 25.1 Å². The van der Waals surface area contributed by atoms with Crippen molar-refractivity contribution in [1.29, 1.82) is 0 Å². The minimum Gasteiger partial charge on any atom is -0.396 e. The molecule has 2 aromatic carbocycles. The summed E-state index contributed by atoms with van der Waals surface area (Å²) in [7, 11) is 0. The fraction of sp³-hybridized carbons (Fsp3) is 0.269. The molecule has 0 aliphatic heterocycles. The maximum atomic E-state index is 12.2. The summed E-state index contributed by atoms with van der Waals surface area (Å²) in [6.07, 6.45) is 1.60. The van der Waals surface area contributed by atoms with E-state index in [-0.39, 0.29) is 19.1 Å². The van der Waals surface area contributed by atoms with Crippen molar-refractivity contribution in [2.45, 2.75) is 25.3 Å². The summed E-state index contributed by atoms with van der Waals surface area (Å²) in [5, 5.41) is 22.9. The zero-order valence-electron chi connectivity index (χ0n) is 18.6. The van der Waals surface area contributed by atoms with Gasteiger partial charge in [-0.25, -0.2) is 0 Å². The van der Waals surface area contributed by atoms with Crippen molar-refractivity contribution in [3.8, 4) is 23.7 Å². The first-order valence-corrected chi connectivity index (χ1v) is 10.7. The number of aliphatic hydroxyl groups excluding tert-OH is 2. The molecule has 0 unspecified atom stereocenters. The van der Waals surface area contributed by atoms with Crippen molar-refractivity contribution in [3.05, 3.63) is 65.2 Å². The van der Waals surface area contributed by atoms with Crippen LogP contribution in [0.3, 0.4) is 0 Å². The van der Waals surface area contributed by atoms with Crippen LogP contribution in [-0.2, 0) is 9.59 Å². The van der Waals surface area contributed by atoms with Crippen molar-refractivity contribution in [3.63, 3.8) is 0 Å². The molecule has 0 heterocycles. The maximum Gasteiger partial charge on any atom is 0.251 e. The zero-order chi connectivity index (χ0) is 24.8. The van der Waals surface area contributed by atoms with Gasteiger partial charge >= 0.3 is 0 Å². The number of amides is 2. The smallest absolute Gasteiger partial charge is 0.251 e. The van der Waals surface area contributed by atoms with E-state index in [2.05, 4.69) is 34.3 Å². The highest BCUT2D eigenvalue weighted by Gasteiger charge is 2.18. The van der Waals surface area contributed by atoms with E-state index in [0.717, 1.165) is 5.56 Å². The number of hydrogen-bond acceptors (Lipinski definition) is 6. The number of carbonyl (C=O) groups excluding carboxylic acids is 3. The van der Waals surface area contributed by atoms with Crippen LogP contribution in [0, 0.1) is 23.7 Å². The molecule has 176 valence electrons. The van der Waals surface area contributed by atoms with Gasteiger partial charge in [0, 0.05) is 42.0 Å². The van der Waals surface area contributed by atoms with Crippen molar-refractivity contribution in [1.82, 2.24) is 5.32 Å². The summed E-state index contributed by atoms with van der Waals surface area (Å²) >= 11 is 0. The lowest BCUT2D eigenvalue weighted by atomic mass is 10.1. The third-order valence-corrected chi connectivity index (χ3v) is 4.69. The molecule has 2 amide bonds. The molecule has 8 heteroatoms. The van der Waals surface area contributed by atoms with Crippen LogP contribution in [0.25, 0.3) is 0 Å². The third-order valence-electron chi connectivity index (χ3n) is 4.69. The summed E-state index contributed by atoms with van der Waals surface area (Å²) < 4.78 is 0. The van der Waals surface area contributed by atoms with Gasteiger partial charge in [0.2, 0.25) is 5.91 Å². The van der Waals surface area contributed by atoms with E-state index in [4.69, 9.17) is 15.9 Å². The lowest BCUT2D eigenvalue weighted by Crippen LogP contribution is -2.46. The Hall–Kier alpha value is -3.95. The Bertz CT molecular complexity index is 1100. The first kappa shape index (κ1) is 26.3. The summed E-state index contributed by atoms with van der Waals surface area (Å²) in [4.78, 5) is 35.5. The summed E-state index contributed by atoms with van der Waals surface area (Å²) in [5.41, 5.74) is 7.87. The highest BCUT2D eigenvalue weighted by molar-refractivity contribution is 5.98. The lowest BCUT2D eigenvalue weighted by Gasteiger charge is -2.14. The van der Waals surface area contributed by atoms with Gasteiger partial charge in [0.15, 0.2) is 5.78 Å². The fourth-order valence-electron chi connectivity index (χ4n) is 2.79. The molecule has 0 saturated heterocycles. The Balaban J connectivity index is 1.91. The van der Waals surface area contributed by atoms with E-state index < -0.39 is 24.3 Å². The number of aliphatic hydroxyl groups is 2. The van der Waals surface area contributed by atoms with Gasteiger partial charge in [0.25, 0.3) is 5.91 Å². The monoisotopic (exact) mass is 461 g/mol. The van der Waals surface area contributed by atoms with E-state index in [1.54, 1.807) is 48.5 Å². The molecule has 8 nitrogen and oxygen atoms in total. The van der Waals surface area contributed by atoms with Crippen LogP contribution in [-0.4, -0.2) is 53.6 Å². The topological polar surface area (TPSA) is 142 Å². The number of anilines is 1. The van der Waals surface area contributed by atoms with Gasteiger partial charge in [-0.15, -0.1) is 0 Å². The second-order valence-corrected chi connectivity index (χ2v) is 7.27. The fourth-order valence-corrected chi connectivity index (χ4v) is 2.79. The van der Waals surface area contributed by atoms with Crippen LogP contribution in [0.4, 0.5) is 5.69 Å². The SMILES string of the molecule is NC[C@H](NC(=O)c1ccc(C#CC#Cc2ccc(NC(=O)CCCCO)cc2)cc1)C(=O)CO. The number of Topliss-reactive ketones (excluding diaryl/α,β-unsaturated/α-hetero) is 1. The molecule has 0 spiro atoms. The van der Waals surface area contributed by atoms with Crippen molar-refractivity contribution >= 4 is 23.3 Å². The Labute approximate surface area is 198 Å². The van der Waals surface area contributed by atoms with E-state index in [1.807, 2.05) is 0 Å². The van der Waals surface area contributed by atoms with Gasteiger partial charge < -0.3 is 26.6 Å². The predicted octanol–water partition coefficient (Wildman–Crippen LogP) is 0.809. The normalized spacial score (nSPS) is 10.7. The summed E-state index contributed by atoms with van der Waals surface area (Å²) in [6, 6.07) is 12.6. The average Bonchev–Trinajstić information content (AvgIpc) is 2.86. The molecule has 0 saturated carbocycles. The molecule has 0 aromatic heterocycles. The number of nitrogens with one attached hydrogen (secondary N) is 2. The summed E-state index contributed by atoms with van der Waals surface area (Å²) in [6.45, 7) is -0.711. The minimum absolute atomic E-state index is 0.0803. The molecule has 0 bridgehead atoms. The average molecular weight is 462 g/mol. The molecular formula is C26H27N3O5. The third kappa shape index (κ3) is 8.89. The Kier molecular flexibility index (Phi) is 11.0. The van der Waals surface area contributed by atoms with Crippen molar-refractivity contribution < 1.29 is 24.6 Å². The van der Waals surface area contributed by atoms with Gasteiger partial charge in [-0.1, -0.05) is 11.8 Å². The first-order chi connectivity index (χ1) is 16.5. The zero-order valence-corrected chi connectivity index (χ0v) is 18.6. The second kappa shape index (κ2) is 14.2. The molecule has 1 atom stereocenters. The molecule has 0 aliphatic rings. The van der Waals surface area contributed by atoms with E-state index in [0.29, 0.717) is 36.1 Å². The number of hydrogen-bond donors (Lipinski definition) is 5. The number of benzene rings is 2.